The number of rotatable bonds is 5. The van der Waals surface area contributed by atoms with E-state index in [9.17, 15) is 4.79 Å². The average Bonchev–Trinajstić information content (AvgIpc) is 2.81. The SMILES string of the molecule is CCN(CC)CC[C@@]12C[C@H](C)OC1=Nc1ccccc1NC2=O. The van der Waals surface area contributed by atoms with Crippen LogP contribution in [-0.2, 0) is 9.53 Å². The number of amides is 1. The van der Waals surface area contributed by atoms with Crippen molar-refractivity contribution < 1.29 is 9.53 Å². The first-order valence-corrected chi connectivity index (χ1v) is 8.47. The minimum absolute atomic E-state index is 0.0118. The third kappa shape index (κ3) is 2.85. The van der Waals surface area contributed by atoms with E-state index in [-0.39, 0.29) is 12.0 Å². The molecule has 0 aliphatic carbocycles. The van der Waals surface area contributed by atoms with Crippen LogP contribution in [0.5, 0.6) is 0 Å². The summed E-state index contributed by atoms with van der Waals surface area (Å²) < 4.78 is 5.95. The molecule has 124 valence electrons. The zero-order valence-corrected chi connectivity index (χ0v) is 14.1. The van der Waals surface area contributed by atoms with Crippen molar-refractivity contribution in [3.8, 4) is 0 Å². The van der Waals surface area contributed by atoms with Gasteiger partial charge in [-0.15, -0.1) is 0 Å². The lowest BCUT2D eigenvalue weighted by Crippen LogP contribution is -2.42. The Morgan fingerprint density at radius 2 is 2.09 bits per heavy atom. The predicted molar refractivity (Wildman–Crippen MR) is 92.2 cm³/mol. The molecule has 0 bridgehead atoms. The number of carbonyl (C=O) groups is 1. The van der Waals surface area contributed by atoms with Gasteiger partial charge in [-0.05, 0) is 45.1 Å². The normalized spacial score (nSPS) is 26.0. The third-order valence-electron chi connectivity index (χ3n) is 4.92. The second-order valence-electron chi connectivity index (χ2n) is 6.38. The molecule has 5 heteroatoms. The second kappa shape index (κ2) is 6.32. The Hall–Kier alpha value is -1.88. The molecular formula is C18H25N3O2. The van der Waals surface area contributed by atoms with E-state index in [0.29, 0.717) is 12.3 Å². The number of carbonyl (C=O) groups excluding carboxylic acids is 1. The van der Waals surface area contributed by atoms with Gasteiger partial charge in [-0.25, -0.2) is 4.99 Å². The molecule has 2 aliphatic rings. The van der Waals surface area contributed by atoms with Crippen molar-refractivity contribution in [1.29, 1.82) is 0 Å². The Morgan fingerprint density at radius 3 is 2.83 bits per heavy atom. The molecule has 0 spiro atoms. The highest BCUT2D eigenvalue weighted by Crippen LogP contribution is 2.44. The topological polar surface area (TPSA) is 53.9 Å². The molecule has 1 fully saturated rings. The summed E-state index contributed by atoms with van der Waals surface area (Å²) in [5, 5.41) is 3.06. The number of fused-ring (bicyclic) bond motifs is 2. The summed E-state index contributed by atoms with van der Waals surface area (Å²) in [5.74, 6) is 0.595. The molecule has 1 aromatic carbocycles. The molecule has 0 saturated carbocycles. The van der Waals surface area contributed by atoms with Crippen LogP contribution < -0.4 is 5.32 Å². The second-order valence-corrected chi connectivity index (χ2v) is 6.38. The van der Waals surface area contributed by atoms with Gasteiger partial charge in [-0.2, -0.15) is 0 Å². The van der Waals surface area contributed by atoms with Gasteiger partial charge in [0.05, 0.1) is 17.5 Å². The van der Waals surface area contributed by atoms with Gasteiger partial charge in [0.15, 0.2) is 0 Å². The van der Waals surface area contributed by atoms with Crippen molar-refractivity contribution in [2.24, 2.45) is 10.4 Å². The van der Waals surface area contributed by atoms with Gasteiger partial charge in [-0.3, -0.25) is 4.79 Å². The lowest BCUT2D eigenvalue weighted by molar-refractivity contribution is -0.122. The van der Waals surface area contributed by atoms with E-state index in [1.54, 1.807) is 0 Å². The number of ether oxygens (including phenoxy) is 1. The molecule has 0 aromatic heterocycles. The number of hydrogen-bond acceptors (Lipinski definition) is 4. The van der Waals surface area contributed by atoms with Crippen molar-refractivity contribution in [2.45, 2.75) is 39.7 Å². The van der Waals surface area contributed by atoms with E-state index in [4.69, 9.17) is 9.73 Å². The van der Waals surface area contributed by atoms with Gasteiger partial charge in [0, 0.05) is 6.42 Å². The summed E-state index contributed by atoms with van der Waals surface area (Å²) in [6.07, 6.45) is 1.44. The Balaban J connectivity index is 1.95. The van der Waals surface area contributed by atoms with Gasteiger partial charge < -0.3 is 15.0 Å². The number of aliphatic imine (C=N–C) groups is 1. The van der Waals surface area contributed by atoms with E-state index in [1.807, 2.05) is 31.2 Å². The lowest BCUT2D eigenvalue weighted by Gasteiger charge is -2.28. The van der Waals surface area contributed by atoms with E-state index in [0.717, 1.165) is 37.4 Å². The fourth-order valence-corrected chi connectivity index (χ4v) is 3.49. The van der Waals surface area contributed by atoms with Crippen LogP contribution in [0.25, 0.3) is 0 Å². The van der Waals surface area contributed by atoms with Crippen LogP contribution in [0.3, 0.4) is 0 Å². The van der Waals surface area contributed by atoms with Crippen molar-refractivity contribution >= 4 is 23.2 Å². The Kier molecular flexibility index (Phi) is 4.39. The van der Waals surface area contributed by atoms with Crippen molar-refractivity contribution in [3.05, 3.63) is 24.3 Å². The van der Waals surface area contributed by atoms with Crippen LogP contribution in [0.1, 0.15) is 33.6 Å². The summed E-state index contributed by atoms with van der Waals surface area (Å²) in [5.41, 5.74) is 0.883. The van der Waals surface area contributed by atoms with E-state index >= 15 is 0 Å². The molecule has 0 radical (unpaired) electrons. The van der Waals surface area contributed by atoms with Crippen LogP contribution in [0.2, 0.25) is 0 Å². The van der Waals surface area contributed by atoms with Gasteiger partial charge in [0.25, 0.3) is 0 Å². The molecule has 3 rings (SSSR count). The minimum atomic E-state index is -0.652. The Labute approximate surface area is 137 Å². The molecule has 0 unspecified atom stereocenters. The minimum Gasteiger partial charge on any atom is -0.477 e. The molecule has 1 amide bonds. The van der Waals surface area contributed by atoms with Crippen LogP contribution in [0, 0.1) is 5.41 Å². The standard InChI is InChI=1S/C18H25N3O2/c1-4-21(5-2)11-10-18-12-13(3)23-17(18)20-15-9-7-6-8-14(15)19-16(18)22/h6-9,13H,4-5,10-12H2,1-3H3,(H,19,22)/t13-,18-/m0/s1. The maximum absolute atomic E-state index is 13.0. The highest BCUT2D eigenvalue weighted by atomic mass is 16.5. The van der Waals surface area contributed by atoms with E-state index in [2.05, 4.69) is 24.1 Å². The van der Waals surface area contributed by atoms with Crippen LogP contribution >= 0.6 is 0 Å². The van der Waals surface area contributed by atoms with Crippen LogP contribution in [-0.4, -0.2) is 42.4 Å². The van der Waals surface area contributed by atoms with E-state index < -0.39 is 5.41 Å². The number of nitrogens with one attached hydrogen (secondary N) is 1. The summed E-state index contributed by atoms with van der Waals surface area (Å²) in [7, 11) is 0. The van der Waals surface area contributed by atoms with E-state index in [1.165, 1.54) is 0 Å². The van der Waals surface area contributed by atoms with Crippen molar-refractivity contribution in [3.63, 3.8) is 0 Å². The molecule has 5 nitrogen and oxygen atoms in total. The number of benzene rings is 1. The first-order chi connectivity index (χ1) is 11.1. The Morgan fingerprint density at radius 1 is 1.35 bits per heavy atom. The summed E-state index contributed by atoms with van der Waals surface area (Å²) in [6, 6.07) is 7.64. The van der Waals surface area contributed by atoms with Gasteiger partial charge in [-0.1, -0.05) is 26.0 Å². The molecule has 1 saturated heterocycles. The summed E-state index contributed by atoms with van der Waals surface area (Å²) in [4.78, 5) is 20.1. The molecule has 23 heavy (non-hydrogen) atoms. The maximum atomic E-state index is 13.0. The van der Waals surface area contributed by atoms with Gasteiger partial charge in [0.1, 0.15) is 5.41 Å². The molecular weight excluding hydrogens is 290 g/mol. The summed E-state index contributed by atoms with van der Waals surface area (Å²) in [6.45, 7) is 9.13. The predicted octanol–water partition coefficient (Wildman–Crippen LogP) is 3.20. The molecule has 2 atom stereocenters. The van der Waals surface area contributed by atoms with Crippen molar-refractivity contribution in [2.75, 3.05) is 25.0 Å². The Bertz CT molecular complexity index is 624. The first kappa shape index (κ1) is 16.0. The highest BCUT2D eigenvalue weighted by molar-refractivity contribution is 6.15. The monoisotopic (exact) mass is 315 g/mol. The number of hydrogen-bond donors (Lipinski definition) is 1. The quantitative estimate of drug-likeness (QED) is 0.908. The van der Waals surface area contributed by atoms with Gasteiger partial charge >= 0.3 is 0 Å². The largest absolute Gasteiger partial charge is 0.477 e. The zero-order chi connectivity index (χ0) is 16.4. The average molecular weight is 315 g/mol. The molecule has 2 aliphatic heterocycles. The molecule has 1 N–H and O–H groups in total. The first-order valence-electron chi connectivity index (χ1n) is 8.47. The van der Waals surface area contributed by atoms with Crippen LogP contribution in [0.4, 0.5) is 11.4 Å². The molecule has 1 aromatic rings. The third-order valence-corrected chi connectivity index (χ3v) is 4.92. The fraction of sp³-hybridized carbons (Fsp3) is 0.556. The number of nitrogens with zero attached hydrogens (tertiary/aromatic N) is 2. The fourth-order valence-electron chi connectivity index (χ4n) is 3.49. The number of anilines is 1. The highest BCUT2D eigenvalue weighted by Gasteiger charge is 2.52. The smallest absolute Gasteiger partial charge is 0.240 e. The maximum Gasteiger partial charge on any atom is 0.240 e. The zero-order valence-electron chi connectivity index (χ0n) is 14.1. The number of para-hydroxylation sites is 2. The lowest BCUT2D eigenvalue weighted by atomic mass is 9.80. The van der Waals surface area contributed by atoms with Gasteiger partial charge in [0.2, 0.25) is 11.8 Å². The van der Waals surface area contributed by atoms with Crippen LogP contribution in [0.15, 0.2) is 29.3 Å². The molecule has 2 heterocycles. The summed E-state index contributed by atoms with van der Waals surface area (Å²) >= 11 is 0. The van der Waals surface area contributed by atoms with Crippen molar-refractivity contribution in [1.82, 2.24) is 4.90 Å².